The highest BCUT2D eigenvalue weighted by atomic mass is 35.5. The van der Waals surface area contributed by atoms with Crippen molar-refractivity contribution < 1.29 is 5.11 Å². The SMILES string of the molecule is CC(C)=C(O)c1cccc(Cl)c1. The van der Waals surface area contributed by atoms with E-state index in [0.29, 0.717) is 10.8 Å². The normalized spacial score (nSPS) is 9.58. The summed E-state index contributed by atoms with van der Waals surface area (Å²) in [5.41, 5.74) is 1.65. The molecule has 0 aliphatic carbocycles. The minimum absolute atomic E-state index is 0.303. The fourth-order valence-corrected chi connectivity index (χ4v) is 1.11. The van der Waals surface area contributed by atoms with E-state index in [2.05, 4.69) is 0 Å². The number of allylic oxidation sites excluding steroid dienone is 1. The van der Waals surface area contributed by atoms with Gasteiger partial charge in [-0.05, 0) is 31.6 Å². The number of aliphatic hydroxyl groups is 1. The van der Waals surface area contributed by atoms with Crippen LogP contribution in [0.3, 0.4) is 0 Å². The van der Waals surface area contributed by atoms with Crippen LogP contribution in [0.5, 0.6) is 0 Å². The molecule has 1 nitrogen and oxygen atoms in total. The van der Waals surface area contributed by atoms with E-state index in [1.54, 1.807) is 12.1 Å². The van der Waals surface area contributed by atoms with Crippen LogP contribution in [0.4, 0.5) is 0 Å². The largest absolute Gasteiger partial charge is 0.507 e. The number of hydrogen-bond acceptors (Lipinski definition) is 1. The highest BCUT2D eigenvalue weighted by molar-refractivity contribution is 6.30. The van der Waals surface area contributed by atoms with Gasteiger partial charge in [0.25, 0.3) is 0 Å². The predicted molar refractivity (Wildman–Crippen MR) is 52.3 cm³/mol. The van der Waals surface area contributed by atoms with E-state index in [4.69, 9.17) is 11.6 Å². The molecule has 0 bridgehead atoms. The average molecular weight is 183 g/mol. The molecule has 0 atom stereocenters. The lowest BCUT2D eigenvalue weighted by Crippen LogP contribution is -1.84. The molecule has 0 aliphatic rings. The van der Waals surface area contributed by atoms with E-state index >= 15 is 0 Å². The molecule has 0 saturated heterocycles. The van der Waals surface area contributed by atoms with Gasteiger partial charge in [0.1, 0.15) is 5.76 Å². The Morgan fingerprint density at radius 3 is 2.50 bits per heavy atom. The molecule has 64 valence electrons. The van der Waals surface area contributed by atoms with Crippen molar-refractivity contribution in [3.05, 3.63) is 40.4 Å². The van der Waals surface area contributed by atoms with Crippen molar-refractivity contribution in [2.45, 2.75) is 13.8 Å². The average Bonchev–Trinajstić information content (AvgIpc) is 2.03. The van der Waals surface area contributed by atoms with Gasteiger partial charge in [0.05, 0.1) is 0 Å². The molecule has 1 rings (SSSR count). The van der Waals surface area contributed by atoms with Gasteiger partial charge in [0, 0.05) is 10.6 Å². The Hall–Kier alpha value is -0.950. The zero-order valence-electron chi connectivity index (χ0n) is 7.13. The molecule has 2 heteroatoms. The summed E-state index contributed by atoms with van der Waals surface area (Å²) in [5.74, 6) is 0.303. The van der Waals surface area contributed by atoms with Gasteiger partial charge in [0.2, 0.25) is 0 Å². The highest BCUT2D eigenvalue weighted by Crippen LogP contribution is 2.18. The van der Waals surface area contributed by atoms with Crippen LogP contribution < -0.4 is 0 Å². The molecule has 0 spiro atoms. The van der Waals surface area contributed by atoms with Crippen molar-refractivity contribution in [3.8, 4) is 0 Å². The Bertz CT molecular complexity index is 311. The van der Waals surface area contributed by atoms with E-state index in [1.807, 2.05) is 26.0 Å². The first-order chi connectivity index (χ1) is 5.61. The number of halogens is 1. The lowest BCUT2D eigenvalue weighted by molar-refractivity contribution is 0.506. The van der Waals surface area contributed by atoms with Crippen molar-refractivity contribution >= 4 is 17.4 Å². The molecule has 1 aromatic rings. The van der Waals surface area contributed by atoms with E-state index in [1.165, 1.54) is 0 Å². The van der Waals surface area contributed by atoms with Crippen LogP contribution in [0.15, 0.2) is 29.8 Å². The molecule has 1 N–H and O–H groups in total. The number of rotatable bonds is 1. The van der Waals surface area contributed by atoms with Gasteiger partial charge in [-0.25, -0.2) is 0 Å². The molecule has 0 aliphatic heterocycles. The van der Waals surface area contributed by atoms with E-state index < -0.39 is 0 Å². The second-order valence-electron chi connectivity index (χ2n) is 2.86. The number of benzene rings is 1. The van der Waals surface area contributed by atoms with E-state index in [9.17, 15) is 5.11 Å². The summed E-state index contributed by atoms with van der Waals surface area (Å²) in [4.78, 5) is 0. The maximum absolute atomic E-state index is 9.54. The topological polar surface area (TPSA) is 20.2 Å². The molecular weight excluding hydrogens is 172 g/mol. The Morgan fingerprint density at radius 2 is 2.00 bits per heavy atom. The lowest BCUT2D eigenvalue weighted by atomic mass is 10.1. The molecule has 0 unspecified atom stereocenters. The molecule has 0 aromatic heterocycles. The molecule has 0 radical (unpaired) electrons. The predicted octanol–water partition coefficient (Wildman–Crippen LogP) is 3.65. The van der Waals surface area contributed by atoms with Crippen molar-refractivity contribution in [3.63, 3.8) is 0 Å². The fraction of sp³-hybridized carbons (Fsp3) is 0.200. The number of hydrogen-bond donors (Lipinski definition) is 1. The highest BCUT2D eigenvalue weighted by Gasteiger charge is 2.00. The summed E-state index contributed by atoms with van der Waals surface area (Å²) < 4.78 is 0. The fourth-order valence-electron chi connectivity index (χ4n) is 0.924. The van der Waals surface area contributed by atoms with Crippen LogP contribution in [0.1, 0.15) is 19.4 Å². The summed E-state index contributed by atoms with van der Waals surface area (Å²) >= 11 is 5.76. The van der Waals surface area contributed by atoms with Crippen molar-refractivity contribution in [2.75, 3.05) is 0 Å². The third-order valence-corrected chi connectivity index (χ3v) is 1.81. The maximum atomic E-state index is 9.54. The van der Waals surface area contributed by atoms with Crippen LogP contribution in [-0.4, -0.2) is 5.11 Å². The molecule has 0 amide bonds. The van der Waals surface area contributed by atoms with Gasteiger partial charge in [-0.2, -0.15) is 0 Å². The molecule has 0 fully saturated rings. The molecule has 12 heavy (non-hydrogen) atoms. The smallest absolute Gasteiger partial charge is 0.121 e. The summed E-state index contributed by atoms with van der Waals surface area (Å²) in [7, 11) is 0. The van der Waals surface area contributed by atoms with E-state index in [-0.39, 0.29) is 0 Å². The summed E-state index contributed by atoms with van der Waals surface area (Å²) in [6, 6.07) is 7.16. The number of aliphatic hydroxyl groups excluding tert-OH is 1. The maximum Gasteiger partial charge on any atom is 0.121 e. The first kappa shape index (κ1) is 9.14. The summed E-state index contributed by atoms with van der Waals surface area (Å²) in [6.07, 6.45) is 0. The first-order valence-electron chi connectivity index (χ1n) is 3.73. The Morgan fingerprint density at radius 1 is 1.33 bits per heavy atom. The zero-order valence-corrected chi connectivity index (χ0v) is 7.89. The minimum Gasteiger partial charge on any atom is -0.507 e. The van der Waals surface area contributed by atoms with Crippen LogP contribution in [0.2, 0.25) is 5.02 Å². The Balaban J connectivity index is 3.13. The summed E-state index contributed by atoms with van der Waals surface area (Å²) in [5, 5.41) is 10.2. The van der Waals surface area contributed by atoms with Gasteiger partial charge in [0.15, 0.2) is 0 Å². The quantitative estimate of drug-likeness (QED) is 0.658. The van der Waals surface area contributed by atoms with Crippen molar-refractivity contribution in [2.24, 2.45) is 0 Å². The standard InChI is InChI=1S/C10H11ClO/c1-7(2)10(12)8-4-3-5-9(11)6-8/h3-6,12H,1-2H3. The lowest BCUT2D eigenvalue weighted by Gasteiger charge is -2.02. The van der Waals surface area contributed by atoms with Gasteiger partial charge >= 0.3 is 0 Å². The molecule has 0 saturated carbocycles. The van der Waals surface area contributed by atoms with Crippen LogP contribution in [0.25, 0.3) is 5.76 Å². The third kappa shape index (κ3) is 2.02. The molecule has 0 heterocycles. The zero-order chi connectivity index (χ0) is 9.14. The minimum atomic E-state index is 0.303. The van der Waals surface area contributed by atoms with Crippen molar-refractivity contribution in [1.82, 2.24) is 0 Å². The van der Waals surface area contributed by atoms with Gasteiger partial charge in [-0.3, -0.25) is 0 Å². The van der Waals surface area contributed by atoms with Crippen molar-refractivity contribution in [1.29, 1.82) is 0 Å². The molecular formula is C10H11ClO. The first-order valence-corrected chi connectivity index (χ1v) is 4.11. The second-order valence-corrected chi connectivity index (χ2v) is 3.30. The van der Waals surface area contributed by atoms with Crippen LogP contribution in [-0.2, 0) is 0 Å². The van der Waals surface area contributed by atoms with Gasteiger partial charge < -0.3 is 5.11 Å². The van der Waals surface area contributed by atoms with Gasteiger partial charge in [-0.1, -0.05) is 23.7 Å². The van der Waals surface area contributed by atoms with Crippen LogP contribution >= 0.6 is 11.6 Å². The van der Waals surface area contributed by atoms with Crippen LogP contribution in [0, 0.1) is 0 Å². The summed E-state index contributed by atoms with van der Waals surface area (Å²) in [6.45, 7) is 3.71. The van der Waals surface area contributed by atoms with Gasteiger partial charge in [-0.15, -0.1) is 0 Å². The monoisotopic (exact) mass is 182 g/mol. The van der Waals surface area contributed by atoms with E-state index in [0.717, 1.165) is 11.1 Å². The second kappa shape index (κ2) is 3.63. The third-order valence-electron chi connectivity index (χ3n) is 1.57. The molecule has 1 aromatic carbocycles. The Kier molecular flexibility index (Phi) is 2.77. The Labute approximate surface area is 77.3 Å².